The van der Waals surface area contributed by atoms with Gasteiger partial charge in [0.05, 0.1) is 76.0 Å². The molecule has 0 bridgehead atoms. The van der Waals surface area contributed by atoms with Crippen LogP contribution in [0.25, 0.3) is 44.3 Å². The number of carbonyl (C=O) groups is 3. The monoisotopic (exact) mass is 1890 g/mol. The first kappa shape index (κ1) is 88.9. The van der Waals surface area contributed by atoms with Crippen LogP contribution in [0.1, 0.15) is 49.2 Å². The van der Waals surface area contributed by atoms with Crippen molar-refractivity contribution in [1.29, 1.82) is 0 Å². The van der Waals surface area contributed by atoms with E-state index < -0.39 is 5.91 Å². The minimum Gasteiger partial charge on any atom is -1.00 e. The molecule has 0 aliphatic rings. The second-order valence-electron chi connectivity index (χ2n) is 24.8. The summed E-state index contributed by atoms with van der Waals surface area (Å²) in [5, 5.41) is 13.9. The van der Waals surface area contributed by atoms with Crippen LogP contribution in [0.2, 0.25) is 0 Å². The molecule has 0 saturated heterocycles. The van der Waals surface area contributed by atoms with Crippen molar-refractivity contribution in [2.45, 2.75) is 19.6 Å². The number of nitrogens with one attached hydrogen (secondary N) is 4. The number of pyridine rings is 7. The normalized spacial score (nSPS) is 10.3. The van der Waals surface area contributed by atoms with E-state index in [-0.39, 0.29) is 64.7 Å². The maximum Gasteiger partial charge on any atom is 1.00 e. The first-order chi connectivity index (χ1) is 58.6. The topological polar surface area (TPSA) is 400 Å². The van der Waals surface area contributed by atoms with Crippen LogP contribution < -0.4 is 82.6 Å². The number of hydrogen-bond acceptors (Lipinski definition) is 28. The molecule has 3 aromatic carbocycles. The van der Waals surface area contributed by atoms with Gasteiger partial charge in [0.25, 0.3) is 5.91 Å². The Morgan fingerprint density at radius 2 is 0.777 bits per heavy atom. The zero-order valence-corrected chi connectivity index (χ0v) is 74.0. The van der Waals surface area contributed by atoms with Crippen molar-refractivity contribution in [2.24, 2.45) is 0 Å². The Morgan fingerprint density at radius 3 is 1.14 bits per heavy atom. The SMILES string of the molecule is Brc1ccnc(Br)c1.Brc1ccnc(Nc2cnccn2)c1.COC(=O)c1ccc(CN(c2cnccn2)c2cc(-c3c[nH]c4ncccc34)ccn2)cc1.COC(=O)c1ccc(CN(c2cnccn2)c2cc(Br)ccn2)cc1.Nc1cnccn1.O=C(NO)c1ccc(CN(c2cnccn2)c2cc(-c3c[nH]c4ncccc34)ccn2)cc1.[H-].[K+]. The number of nitrogen functional groups attached to an aromatic ring is 1. The number of anilines is 9. The molecular formula is C85H70Br4KN25O6. The number of carbonyl (C=O) groups excluding carboxylic acids is 3. The van der Waals surface area contributed by atoms with Crippen molar-refractivity contribution < 1.29 is 81.9 Å². The summed E-state index contributed by atoms with van der Waals surface area (Å²) >= 11 is 13.3. The number of fused-ring (bicyclic) bond motifs is 2. The van der Waals surface area contributed by atoms with Crippen molar-refractivity contribution in [2.75, 3.05) is 40.0 Å². The van der Waals surface area contributed by atoms with Crippen LogP contribution in [0, 0.1) is 0 Å². The number of aromatic amines is 2. The van der Waals surface area contributed by atoms with Gasteiger partial charge in [-0.25, -0.2) is 74.9 Å². The van der Waals surface area contributed by atoms with Crippen LogP contribution >= 0.6 is 63.7 Å². The fourth-order valence-electron chi connectivity index (χ4n) is 11.3. The predicted molar refractivity (Wildman–Crippen MR) is 470 cm³/mol. The fraction of sp³-hybridized carbons (Fsp3) is 0.0588. The molecule has 1 amide bonds. The molecule has 17 rings (SSSR count). The van der Waals surface area contributed by atoms with Crippen molar-refractivity contribution in [3.05, 3.63) is 358 Å². The Hall–Kier alpha value is -12.9. The molecule has 0 aliphatic heterocycles. The van der Waals surface area contributed by atoms with E-state index in [2.05, 4.69) is 164 Å². The summed E-state index contributed by atoms with van der Waals surface area (Å²) in [5.41, 5.74) is 16.8. The molecule has 600 valence electrons. The molecular weight excluding hydrogens is 1830 g/mol. The van der Waals surface area contributed by atoms with E-state index in [9.17, 15) is 14.4 Å². The number of benzene rings is 3. The van der Waals surface area contributed by atoms with E-state index in [0.717, 1.165) is 96.5 Å². The molecule has 7 N–H and O–H groups in total. The minimum absolute atomic E-state index is 0. The smallest absolute Gasteiger partial charge is 1.00 e. The third-order valence-electron chi connectivity index (χ3n) is 16.9. The van der Waals surface area contributed by atoms with Gasteiger partial charge in [0, 0.05) is 159 Å². The van der Waals surface area contributed by atoms with E-state index in [1.165, 1.54) is 20.4 Å². The van der Waals surface area contributed by atoms with Gasteiger partial charge < -0.3 is 46.6 Å². The average molecular weight is 1900 g/mol. The summed E-state index contributed by atoms with van der Waals surface area (Å²) in [6, 6.07) is 48.6. The second-order valence-corrected chi connectivity index (χ2v) is 28.4. The van der Waals surface area contributed by atoms with Crippen LogP contribution in [0.4, 0.5) is 52.4 Å². The molecule has 0 aliphatic carbocycles. The van der Waals surface area contributed by atoms with E-state index >= 15 is 0 Å². The number of hydroxylamine groups is 1. The first-order valence-electron chi connectivity index (χ1n) is 36.0. The molecule has 0 atom stereocenters. The largest absolute Gasteiger partial charge is 1.00 e. The average Bonchev–Trinajstić information content (AvgIpc) is 1.54. The summed E-state index contributed by atoms with van der Waals surface area (Å²) in [4.78, 5) is 119. The number of aromatic nitrogens is 19. The Balaban J connectivity index is 0.000000164. The third kappa shape index (κ3) is 26.1. The van der Waals surface area contributed by atoms with E-state index in [0.29, 0.717) is 71.2 Å². The molecule has 0 unspecified atom stereocenters. The minimum atomic E-state index is -0.560. The van der Waals surface area contributed by atoms with Gasteiger partial charge in [0.2, 0.25) is 0 Å². The number of H-pyrrole nitrogens is 2. The molecule has 14 aromatic heterocycles. The van der Waals surface area contributed by atoms with Gasteiger partial charge >= 0.3 is 63.3 Å². The molecule has 36 heteroatoms. The molecule has 17 aromatic rings. The van der Waals surface area contributed by atoms with Gasteiger partial charge in [0.1, 0.15) is 50.8 Å². The van der Waals surface area contributed by atoms with Gasteiger partial charge in [-0.15, -0.1) is 0 Å². The maximum atomic E-state index is 11.8. The molecule has 14 heterocycles. The maximum absolute atomic E-state index is 11.8. The molecule has 31 nitrogen and oxygen atoms in total. The number of nitrogens with two attached hydrogens (primary N) is 1. The van der Waals surface area contributed by atoms with Crippen molar-refractivity contribution in [3.63, 3.8) is 0 Å². The summed E-state index contributed by atoms with van der Waals surface area (Å²) in [7, 11) is 2.74. The molecule has 0 spiro atoms. The Bertz CT molecular complexity index is 5920. The number of hydrogen-bond donors (Lipinski definition) is 6. The number of ether oxygens (including phenoxy) is 2. The van der Waals surface area contributed by atoms with Gasteiger partial charge in [-0.1, -0.05) is 84.2 Å². The first-order valence-corrected chi connectivity index (χ1v) is 39.1. The van der Waals surface area contributed by atoms with E-state index in [1.54, 1.807) is 172 Å². The number of rotatable bonds is 19. The van der Waals surface area contributed by atoms with Crippen LogP contribution in [-0.4, -0.2) is 132 Å². The fourth-order valence-corrected chi connectivity index (χ4v) is 13.0. The van der Waals surface area contributed by atoms with Crippen LogP contribution in [0.15, 0.2) is 324 Å². The molecule has 0 saturated carbocycles. The molecule has 121 heavy (non-hydrogen) atoms. The van der Waals surface area contributed by atoms with Gasteiger partial charge in [0.15, 0.2) is 17.5 Å². The summed E-state index contributed by atoms with van der Waals surface area (Å²) in [6.45, 7) is 1.47. The Labute approximate surface area is 770 Å². The Kier molecular flexibility index (Phi) is 33.7. The zero-order chi connectivity index (χ0) is 83.8. The number of nitrogens with zero attached hydrogens (tertiary/aromatic N) is 20. The van der Waals surface area contributed by atoms with Crippen molar-refractivity contribution >= 4 is 156 Å². The summed E-state index contributed by atoms with van der Waals surface area (Å²) < 4.78 is 13.3. The standard InChI is InChI=1S/C25H20N6O2.C24H19N7O2.C18H15BrN4O2.C9H7BrN4.C5H3Br2N.C4H5N3.K.H/c1-33-25(32)18-6-4-17(5-7-18)16-31(23-15-26-11-12-28-23)22-13-19(8-10-27-22)21-14-30-24-20(21)3-2-9-29-24;32-24(30-33)17-5-3-16(4-6-17)15-31(22-14-25-10-11-27-22)21-12-18(7-9-26-21)20-13-29-23-19(20)2-1-8-28-23;1-25-18(24)14-4-2-13(3-5-14)12-23(17-11-20-8-9-22-17)16-10-15(19)6-7-21-16;10-7-1-2-12-8(5-7)14-9-6-11-3-4-13-9;6-4-1-2-8-5(7)3-4;5-4-3-6-1-2-7-4;;/h2-15H,16H2,1H3,(H,29,30);1-14,33H,15H2,(H,28,29)(H,30,32);2-11H,12H2,1H3;1-6H,(H,12,13,14);1-3H;1-3H,(H2,5,7);;/q;;;;;;+1;-1. The number of amides is 1. The molecule has 0 radical (unpaired) electrons. The molecule has 0 fully saturated rings. The second kappa shape index (κ2) is 45.9. The zero-order valence-electron chi connectivity index (χ0n) is 65.5. The van der Waals surface area contributed by atoms with Crippen molar-refractivity contribution in [1.82, 2.24) is 100 Å². The van der Waals surface area contributed by atoms with E-state index in [4.69, 9.17) is 20.4 Å². The van der Waals surface area contributed by atoms with Gasteiger partial charge in [-0.05, 0) is 165 Å². The number of esters is 2. The van der Waals surface area contributed by atoms with Gasteiger partial charge in [-0.3, -0.25) is 34.9 Å². The predicted octanol–water partition coefficient (Wildman–Crippen LogP) is 14.3. The van der Waals surface area contributed by atoms with E-state index in [1.807, 2.05) is 148 Å². The van der Waals surface area contributed by atoms with Gasteiger partial charge in [-0.2, -0.15) is 0 Å². The Morgan fingerprint density at radius 1 is 0.397 bits per heavy atom. The third-order valence-corrected chi connectivity index (χ3v) is 18.8. The number of halogens is 4. The quantitative estimate of drug-likeness (QED) is 0.0144. The number of methoxy groups -OCH3 is 2. The van der Waals surface area contributed by atoms with Crippen LogP contribution in [0.3, 0.4) is 0 Å². The summed E-state index contributed by atoms with van der Waals surface area (Å²) in [6.07, 6.45) is 40.5. The summed E-state index contributed by atoms with van der Waals surface area (Å²) in [5.74, 6) is 4.75. The van der Waals surface area contributed by atoms with Crippen LogP contribution in [-0.2, 0) is 29.1 Å². The van der Waals surface area contributed by atoms with Crippen molar-refractivity contribution in [3.8, 4) is 22.3 Å². The van der Waals surface area contributed by atoms with Crippen LogP contribution in [0.5, 0.6) is 0 Å².